The lowest BCUT2D eigenvalue weighted by Gasteiger charge is -2.12. The highest BCUT2D eigenvalue weighted by atomic mass is 79.9. The van der Waals surface area contributed by atoms with E-state index in [-0.39, 0.29) is 0 Å². The molecule has 0 aliphatic rings. The molecule has 1 heterocycles. The summed E-state index contributed by atoms with van der Waals surface area (Å²) < 4.78 is 7.35. The lowest BCUT2D eigenvalue weighted by atomic mass is 10.1. The molecule has 1 N–H and O–H groups in total. The third kappa shape index (κ3) is 3.08. The summed E-state index contributed by atoms with van der Waals surface area (Å²) in [6, 6.07) is 5.50. The Labute approximate surface area is 125 Å². The minimum atomic E-state index is -0.631. The number of carbonyl (C=O) groups excluding carboxylic acids is 1. The van der Waals surface area contributed by atoms with Gasteiger partial charge in [0.15, 0.2) is 0 Å². The molecule has 0 fully saturated rings. The van der Waals surface area contributed by atoms with E-state index >= 15 is 0 Å². The number of nitrogens with zero attached hydrogens (tertiary/aromatic N) is 2. The molecule has 1 aromatic heterocycles. The zero-order valence-electron chi connectivity index (χ0n) is 11.2. The molecule has 1 atom stereocenters. The molecule has 0 aliphatic carbocycles. The number of esters is 1. The van der Waals surface area contributed by atoms with Crippen molar-refractivity contribution in [3.8, 4) is 5.69 Å². The Kier molecular flexibility index (Phi) is 4.57. The van der Waals surface area contributed by atoms with Gasteiger partial charge in [-0.05, 0) is 26.0 Å². The molecular weight excluding hydrogens is 324 g/mol. The first-order valence-corrected chi connectivity index (χ1v) is 7.02. The van der Waals surface area contributed by atoms with Crippen molar-refractivity contribution in [3.63, 3.8) is 0 Å². The zero-order chi connectivity index (χ0) is 14.7. The van der Waals surface area contributed by atoms with E-state index in [0.29, 0.717) is 17.9 Å². The summed E-state index contributed by atoms with van der Waals surface area (Å²) in [5.74, 6) is -0.410. The van der Waals surface area contributed by atoms with Crippen molar-refractivity contribution in [2.24, 2.45) is 0 Å². The van der Waals surface area contributed by atoms with Gasteiger partial charge in [-0.2, -0.15) is 5.10 Å². The van der Waals surface area contributed by atoms with Crippen LogP contribution in [0.4, 0.5) is 0 Å². The number of rotatable bonds is 4. The van der Waals surface area contributed by atoms with E-state index in [4.69, 9.17) is 4.74 Å². The predicted octanol–water partition coefficient (Wildman–Crippen LogP) is 2.86. The summed E-state index contributed by atoms with van der Waals surface area (Å²) in [6.45, 7) is 3.75. The molecule has 20 heavy (non-hydrogen) atoms. The van der Waals surface area contributed by atoms with Gasteiger partial charge in [0.05, 0.1) is 30.2 Å². The van der Waals surface area contributed by atoms with Crippen LogP contribution in [0.5, 0.6) is 0 Å². The van der Waals surface area contributed by atoms with Crippen LogP contribution in [0.25, 0.3) is 5.69 Å². The molecule has 0 saturated carbocycles. The van der Waals surface area contributed by atoms with Gasteiger partial charge in [-0.1, -0.05) is 22.0 Å². The first-order valence-electron chi connectivity index (χ1n) is 6.22. The lowest BCUT2D eigenvalue weighted by Crippen LogP contribution is -2.05. The van der Waals surface area contributed by atoms with Crippen LogP contribution in [0.3, 0.4) is 0 Å². The number of hydrogen-bond acceptors (Lipinski definition) is 4. The van der Waals surface area contributed by atoms with Crippen molar-refractivity contribution >= 4 is 21.9 Å². The van der Waals surface area contributed by atoms with Crippen LogP contribution in [-0.2, 0) is 4.74 Å². The fourth-order valence-electron chi connectivity index (χ4n) is 1.84. The number of aliphatic hydroxyl groups excluding tert-OH is 1. The second kappa shape index (κ2) is 6.19. The SMILES string of the molecule is CCOC(=O)c1cnn(-c2cc(Br)ccc2C(C)O)c1. The molecule has 0 amide bonds. The number of ether oxygens (including phenoxy) is 1. The fraction of sp³-hybridized carbons (Fsp3) is 0.286. The standard InChI is InChI=1S/C14H15BrN2O3/c1-3-20-14(19)10-7-16-17(8-10)13-6-11(15)4-5-12(13)9(2)18/h4-9,18H,3H2,1-2H3. The maximum absolute atomic E-state index is 11.6. The highest BCUT2D eigenvalue weighted by Crippen LogP contribution is 2.25. The molecule has 1 unspecified atom stereocenters. The molecule has 2 rings (SSSR count). The van der Waals surface area contributed by atoms with E-state index in [9.17, 15) is 9.90 Å². The maximum atomic E-state index is 11.6. The van der Waals surface area contributed by atoms with Crippen molar-refractivity contribution in [1.29, 1.82) is 0 Å². The first-order chi connectivity index (χ1) is 9.52. The summed E-state index contributed by atoms with van der Waals surface area (Å²) in [7, 11) is 0. The van der Waals surface area contributed by atoms with E-state index < -0.39 is 12.1 Å². The molecule has 106 valence electrons. The highest BCUT2D eigenvalue weighted by molar-refractivity contribution is 9.10. The molecule has 0 spiro atoms. The number of aromatic nitrogens is 2. The maximum Gasteiger partial charge on any atom is 0.341 e. The number of aliphatic hydroxyl groups is 1. The van der Waals surface area contributed by atoms with Gasteiger partial charge in [-0.25, -0.2) is 9.48 Å². The van der Waals surface area contributed by atoms with Crippen LogP contribution >= 0.6 is 15.9 Å². The number of benzene rings is 1. The van der Waals surface area contributed by atoms with Crippen molar-refractivity contribution in [1.82, 2.24) is 9.78 Å². The third-order valence-electron chi connectivity index (χ3n) is 2.78. The molecule has 0 radical (unpaired) electrons. The minimum Gasteiger partial charge on any atom is -0.462 e. The van der Waals surface area contributed by atoms with E-state index in [1.54, 1.807) is 24.7 Å². The largest absolute Gasteiger partial charge is 0.462 e. The van der Waals surface area contributed by atoms with Crippen LogP contribution in [0.2, 0.25) is 0 Å². The second-order valence-electron chi connectivity index (χ2n) is 4.27. The number of hydrogen-bond donors (Lipinski definition) is 1. The zero-order valence-corrected chi connectivity index (χ0v) is 12.8. The van der Waals surface area contributed by atoms with Gasteiger partial charge in [-0.3, -0.25) is 0 Å². The second-order valence-corrected chi connectivity index (χ2v) is 5.19. The van der Waals surface area contributed by atoms with E-state index in [1.807, 2.05) is 18.2 Å². The number of carbonyl (C=O) groups is 1. The molecule has 2 aromatic rings. The van der Waals surface area contributed by atoms with Gasteiger partial charge in [0.2, 0.25) is 0 Å². The fourth-order valence-corrected chi connectivity index (χ4v) is 2.19. The topological polar surface area (TPSA) is 64.3 Å². The van der Waals surface area contributed by atoms with Crippen molar-refractivity contribution in [2.75, 3.05) is 6.61 Å². The Hall–Kier alpha value is -1.66. The summed E-state index contributed by atoms with van der Waals surface area (Å²) >= 11 is 3.39. The van der Waals surface area contributed by atoms with Gasteiger partial charge >= 0.3 is 5.97 Å². The van der Waals surface area contributed by atoms with Gasteiger partial charge < -0.3 is 9.84 Å². The summed E-state index contributed by atoms with van der Waals surface area (Å²) in [4.78, 5) is 11.6. The molecule has 6 heteroatoms. The Balaban J connectivity index is 2.41. The Bertz CT molecular complexity index is 623. The third-order valence-corrected chi connectivity index (χ3v) is 3.28. The predicted molar refractivity (Wildman–Crippen MR) is 77.9 cm³/mol. The smallest absolute Gasteiger partial charge is 0.341 e. The summed E-state index contributed by atoms with van der Waals surface area (Å²) in [5.41, 5.74) is 1.82. The van der Waals surface area contributed by atoms with Crippen molar-refractivity contribution < 1.29 is 14.6 Å². The van der Waals surface area contributed by atoms with Gasteiger partial charge in [-0.15, -0.1) is 0 Å². The Morgan fingerprint density at radius 2 is 2.30 bits per heavy atom. The molecule has 0 aliphatic heterocycles. The Morgan fingerprint density at radius 1 is 1.55 bits per heavy atom. The summed E-state index contributed by atoms with van der Waals surface area (Å²) in [5, 5.41) is 14.0. The van der Waals surface area contributed by atoms with E-state index in [1.165, 1.54) is 6.20 Å². The molecule has 1 aromatic carbocycles. The van der Waals surface area contributed by atoms with Crippen molar-refractivity contribution in [3.05, 3.63) is 46.2 Å². The van der Waals surface area contributed by atoms with Crippen LogP contribution < -0.4 is 0 Å². The molecule has 0 bridgehead atoms. The average Bonchev–Trinajstić information content (AvgIpc) is 2.88. The summed E-state index contributed by atoms with van der Waals surface area (Å²) in [6.07, 6.45) is 2.41. The average molecular weight is 339 g/mol. The van der Waals surface area contributed by atoms with Crippen LogP contribution in [0.15, 0.2) is 35.1 Å². The molecule has 0 saturated heterocycles. The van der Waals surface area contributed by atoms with Crippen LogP contribution in [0.1, 0.15) is 35.9 Å². The molecular formula is C14H15BrN2O3. The number of halogens is 1. The monoisotopic (exact) mass is 338 g/mol. The van der Waals surface area contributed by atoms with Gasteiger partial charge in [0.1, 0.15) is 0 Å². The lowest BCUT2D eigenvalue weighted by molar-refractivity contribution is 0.0526. The Morgan fingerprint density at radius 3 is 2.95 bits per heavy atom. The van der Waals surface area contributed by atoms with E-state index in [2.05, 4.69) is 21.0 Å². The highest BCUT2D eigenvalue weighted by Gasteiger charge is 2.14. The van der Waals surface area contributed by atoms with Gasteiger partial charge in [0.25, 0.3) is 0 Å². The van der Waals surface area contributed by atoms with Crippen molar-refractivity contribution in [2.45, 2.75) is 20.0 Å². The molecule has 5 nitrogen and oxygen atoms in total. The van der Waals surface area contributed by atoms with Crippen LogP contribution in [-0.4, -0.2) is 27.5 Å². The van der Waals surface area contributed by atoms with E-state index in [0.717, 1.165) is 10.0 Å². The minimum absolute atomic E-state index is 0.319. The normalized spacial score (nSPS) is 12.2. The van der Waals surface area contributed by atoms with Crippen LogP contribution in [0, 0.1) is 0 Å². The first kappa shape index (κ1) is 14.7. The quantitative estimate of drug-likeness (QED) is 0.870. The van der Waals surface area contributed by atoms with Gasteiger partial charge in [0, 0.05) is 16.2 Å².